The van der Waals surface area contributed by atoms with Gasteiger partial charge in [0.1, 0.15) is 12.0 Å². The van der Waals surface area contributed by atoms with Crippen LogP contribution in [0.1, 0.15) is 5.69 Å². The molecule has 0 aromatic carbocycles. The van der Waals surface area contributed by atoms with E-state index in [1.165, 1.54) is 18.5 Å². The molecule has 2 rings (SSSR count). The molecule has 54 valence electrons. The molecule has 6 heteroatoms. The topological polar surface area (TPSA) is 62.1 Å². The van der Waals surface area contributed by atoms with E-state index in [2.05, 4.69) is 14.4 Å². The molecule has 1 aromatic rings. The summed E-state index contributed by atoms with van der Waals surface area (Å²) in [6.07, 6.45) is 1.37. The van der Waals surface area contributed by atoms with Crippen LogP contribution in [0.5, 0.6) is 0 Å². The van der Waals surface area contributed by atoms with Gasteiger partial charge in [0.15, 0.2) is 5.82 Å². The molecule has 1 aliphatic heterocycles. The van der Waals surface area contributed by atoms with Gasteiger partial charge in [-0.15, -0.1) is 0 Å². The summed E-state index contributed by atoms with van der Waals surface area (Å²) in [5.74, 6) is 0.656. The number of aromatic nitrogens is 2. The van der Waals surface area contributed by atoms with Crippen molar-refractivity contribution in [3.8, 4) is 0 Å². The van der Waals surface area contributed by atoms with Gasteiger partial charge in [0, 0.05) is 12.1 Å². The molecule has 5 nitrogen and oxygen atoms in total. The summed E-state index contributed by atoms with van der Waals surface area (Å²) < 4.78 is 6.82. The summed E-state index contributed by atoms with van der Waals surface area (Å²) in [5, 5.41) is 9.05. The second kappa shape index (κ2) is 2.06. The third-order valence-electron chi connectivity index (χ3n) is 1.28. The van der Waals surface area contributed by atoms with Gasteiger partial charge in [0.05, 0.1) is 6.54 Å². The zero-order valence-corrected chi connectivity index (χ0v) is 5.85. The smallest absolute Gasteiger partial charge is 0.177 e. The molecule has 2 heterocycles. The van der Waals surface area contributed by atoms with Crippen LogP contribution in [0.15, 0.2) is 6.33 Å². The van der Waals surface area contributed by atoms with Crippen LogP contribution in [0.3, 0.4) is 0 Å². The van der Waals surface area contributed by atoms with E-state index in [1.54, 1.807) is 0 Å². The zero-order valence-electron chi connectivity index (χ0n) is 5.03. The number of hydrogen-bond acceptors (Lipinski definition) is 5. The van der Waals surface area contributed by atoms with Crippen molar-refractivity contribution in [2.75, 3.05) is 4.72 Å². The van der Waals surface area contributed by atoms with Gasteiger partial charge in [-0.2, -0.15) is 4.73 Å². The molecule has 3 N–H and O–H groups in total. The lowest BCUT2D eigenvalue weighted by atomic mass is 10.4. The Morgan fingerprint density at radius 2 is 2.70 bits per heavy atom. The van der Waals surface area contributed by atoms with Gasteiger partial charge < -0.3 is 5.21 Å². The molecule has 10 heavy (non-hydrogen) atoms. The minimum Gasteiger partial charge on any atom is -0.425 e. The quantitative estimate of drug-likeness (QED) is 0.372. The van der Waals surface area contributed by atoms with E-state index in [0.29, 0.717) is 12.4 Å². The van der Waals surface area contributed by atoms with Gasteiger partial charge >= 0.3 is 0 Å². The molecule has 0 fully saturated rings. The summed E-state index contributed by atoms with van der Waals surface area (Å²) in [6.45, 7) is 0.681. The number of nitrogens with one attached hydrogen (secondary N) is 2. The first-order chi connectivity index (χ1) is 4.88. The summed E-state index contributed by atoms with van der Waals surface area (Å²) in [4.78, 5) is 3.93. The fourth-order valence-corrected chi connectivity index (χ4v) is 1.39. The molecular formula is C4H6N4OS. The maximum atomic E-state index is 9.05. The van der Waals surface area contributed by atoms with Crippen LogP contribution in [0, 0.1) is 0 Å². The lowest BCUT2D eigenvalue weighted by Gasteiger charge is -2.12. The van der Waals surface area contributed by atoms with Gasteiger partial charge in [-0.3, -0.25) is 4.72 Å². The summed E-state index contributed by atoms with van der Waals surface area (Å²) in [6, 6.07) is 0. The third kappa shape index (κ3) is 0.729. The lowest BCUT2D eigenvalue weighted by Crippen LogP contribution is -2.15. The van der Waals surface area contributed by atoms with Crippen LogP contribution in [0.2, 0.25) is 0 Å². The molecule has 0 amide bonds. The second-order valence-corrected chi connectivity index (χ2v) is 2.61. The van der Waals surface area contributed by atoms with E-state index in [9.17, 15) is 0 Å². The molecule has 0 bridgehead atoms. The van der Waals surface area contributed by atoms with E-state index in [1.807, 2.05) is 0 Å². The van der Waals surface area contributed by atoms with Crippen molar-refractivity contribution < 1.29 is 5.21 Å². The molecule has 1 aromatic heterocycles. The Kier molecular flexibility index (Phi) is 1.21. The highest BCUT2D eigenvalue weighted by Gasteiger charge is 2.13. The van der Waals surface area contributed by atoms with Crippen LogP contribution in [0.25, 0.3) is 0 Å². The molecule has 0 aliphatic carbocycles. The molecule has 0 unspecified atom stereocenters. The average molecular weight is 158 g/mol. The van der Waals surface area contributed by atoms with Crippen molar-refractivity contribution in [3.05, 3.63) is 12.0 Å². The third-order valence-corrected chi connectivity index (χ3v) is 1.87. The van der Waals surface area contributed by atoms with E-state index < -0.39 is 0 Å². The number of nitrogens with zero attached hydrogens (tertiary/aromatic N) is 2. The van der Waals surface area contributed by atoms with E-state index >= 15 is 0 Å². The normalized spacial score (nSPS) is 16.0. The fraction of sp³-hybridized carbons (Fsp3) is 0.250. The van der Waals surface area contributed by atoms with Crippen molar-refractivity contribution >= 4 is 18.0 Å². The Morgan fingerprint density at radius 3 is 3.50 bits per heavy atom. The Labute approximate surface area is 61.7 Å². The second-order valence-electron chi connectivity index (χ2n) is 1.91. The molecule has 0 radical (unpaired) electrons. The minimum absolute atomic E-state index is 0.656. The highest BCUT2D eigenvalue weighted by molar-refractivity contribution is 7.98. The van der Waals surface area contributed by atoms with Gasteiger partial charge in [-0.05, 0) is 0 Å². The highest BCUT2D eigenvalue weighted by atomic mass is 32.2. The van der Waals surface area contributed by atoms with Crippen LogP contribution in [0.4, 0.5) is 5.82 Å². The van der Waals surface area contributed by atoms with Crippen LogP contribution in [-0.4, -0.2) is 14.9 Å². The Bertz CT molecular complexity index is 247. The minimum atomic E-state index is 0.656. The molecule has 0 saturated carbocycles. The molecule has 0 saturated heterocycles. The molecule has 0 spiro atoms. The Balaban J connectivity index is 2.45. The number of anilines is 1. The van der Waals surface area contributed by atoms with E-state index in [-0.39, 0.29) is 0 Å². The maximum absolute atomic E-state index is 9.05. The number of rotatable bonds is 0. The predicted octanol–water partition coefficient (Wildman–Crippen LogP) is 0.199. The number of hydrogen-bond donors (Lipinski definition) is 3. The van der Waals surface area contributed by atoms with Crippen LogP contribution >= 0.6 is 12.1 Å². The molecular weight excluding hydrogens is 152 g/mol. The summed E-state index contributed by atoms with van der Waals surface area (Å²) in [5.41, 5.74) is 0.834. The maximum Gasteiger partial charge on any atom is 0.177 e. The van der Waals surface area contributed by atoms with E-state index in [4.69, 9.17) is 5.21 Å². The Hall–Kier alpha value is -0.880. The first kappa shape index (κ1) is 5.87. The zero-order chi connectivity index (χ0) is 6.97. The largest absolute Gasteiger partial charge is 0.425 e. The highest BCUT2D eigenvalue weighted by Crippen LogP contribution is 2.19. The average Bonchev–Trinajstić information content (AvgIpc) is 2.34. The lowest BCUT2D eigenvalue weighted by molar-refractivity contribution is 0.191. The Morgan fingerprint density at radius 1 is 1.80 bits per heavy atom. The van der Waals surface area contributed by atoms with Crippen LogP contribution in [-0.2, 0) is 6.54 Å². The van der Waals surface area contributed by atoms with Crippen molar-refractivity contribution in [2.24, 2.45) is 0 Å². The van der Waals surface area contributed by atoms with Gasteiger partial charge in [0.25, 0.3) is 0 Å². The first-order valence-corrected chi connectivity index (χ1v) is 3.60. The van der Waals surface area contributed by atoms with Gasteiger partial charge in [-0.1, -0.05) is 0 Å². The first-order valence-electron chi connectivity index (χ1n) is 2.78. The van der Waals surface area contributed by atoms with Gasteiger partial charge in [0.2, 0.25) is 0 Å². The monoisotopic (exact) mass is 158 g/mol. The van der Waals surface area contributed by atoms with Crippen LogP contribution < -0.4 is 9.44 Å². The van der Waals surface area contributed by atoms with E-state index in [0.717, 1.165) is 10.4 Å². The van der Waals surface area contributed by atoms with Crippen molar-refractivity contribution in [2.45, 2.75) is 6.54 Å². The van der Waals surface area contributed by atoms with Gasteiger partial charge in [-0.25, -0.2) is 9.71 Å². The summed E-state index contributed by atoms with van der Waals surface area (Å²) >= 11 is 1.34. The van der Waals surface area contributed by atoms with Crippen molar-refractivity contribution in [1.82, 2.24) is 14.4 Å². The standard InChI is InChI=1S/C4H6N4OS/c9-8-2-5-3-1-6-10-7-4(3)8/h2,6-7,9H,1H2. The summed E-state index contributed by atoms with van der Waals surface area (Å²) in [7, 11) is 0. The number of imidazole rings is 1. The van der Waals surface area contributed by atoms with Crippen molar-refractivity contribution in [3.63, 3.8) is 0 Å². The molecule has 0 atom stereocenters. The fourth-order valence-electron chi connectivity index (χ4n) is 0.799. The van der Waals surface area contributed by atoms with Crippen molar-refractivity contribution in [1.29, 1.82) is 0 Å². The SMILES string of the molecule is On1cnc2c1NSNC2. The molecule has 1 aliphatic rings. The number of fused-ring (bicyclic) bond motifs is 1. The predicted molar refractivity (Wildman–Crippen MR) is 37.5 cm³/mol.